The van der Waals surface area contributed by atoms with E-state index in [0.717, 1.165) is 25.6 Å². The van der Waals surface area contributed by atoms with Gasteiger partial charge in [0.2, 0.25) is 0 Å². The molecular weight excluding hydrogens is 474 g/mol. The number of phenols is 1. The quantitative estimate of drug-likeness (QED) is 0.220. The SMILES string of the molecule is CC(=O)O.Cc1cccc(COCCOc2ccc(CCNC[C@H](O)c3ccc(O)c(CO)c3)cc2)c1. The lowest BCUT2D eigenvalue weighted by molar-refractivity contribution is -0.134. The molecule has 0 saturated heterocycles. The van der Waals surface area contributed by atoms with Crippen molar-refractivity contribution in [2.75, 3.05) is 26.3 Å². The van der Waals surface area contributed by atoms with Crippen LogP contribution in [0.15, 0.2) is 66.7 Å². The third-order valence-electron chi connectivity index (χ3n) is 5.36. The number of hydrogen-bond donors (Lipinski definition) is 5. The number of ether oxygens (including phenoxy) is 2. The lowest BCUT2D eigenvalue weighted by Gasteiger charge is -2.14. The van der Waals surface area contributed by atoms with Crippen LogP contribution < -0.4 is 10.1 Å². The van der Waals surface area contributed by atoms with Gasteiger partial charge in [-0.1, -0.05) is 48.0 Å². The summed E-state index contributed by atoms with van der Waals surface area (Å²) in [6.07, 6.45) is 0.115. The first-order chi connectivity index (χ1) is 17.8. The highest BCUT2D eigenvalue weighted by Crippen LogP contribution is 2.22. The third kappa shape index (κ3) is 11.9. The van der Waals surface area contributed by atoms with Crippen LogP contribution in [0.4, 0.5) is 0 Å². The summed E-state index contributed by atoms with van der Waals surface area (Å²) in [4.78, 5) is 9.00. The van der Waals surface area contributed by atoms with Gasteiger partial charge in [-0.25, -0.2) is 0 Å². The first kappa shape index (κ1) is 29.8. The van der Waals surface area contributed by atoms with Crippen LogP contribution in [-0.2, 0) is 29.2 Å². The number of rotatable bonds is 13. The van der Waals surface area contributed by atoms with E-state index in [-0.39, 0.29) is 12.4 Å². The van der Waals surface area contributed by atoms with Crippen molar-refractivity contribution in [1.82, 2.24) is 5.32 Å². The van der Waals surface area contributed by atoms with Crippen molar-refractivity contribution in [1.29, 1.82) is 0 Å². The van der Waals surface area contributed by atoms with Crippen LogP contribution in [0.5, 0.6) is 11.5 Å². The van der Waals surface area contributed by atoms with Gasteiger partial charge in [0.05, 0.1) is 25.9 Å². The molecule has 0 aliphatic carbocycles. The minimum Gasteiger partial charge on any atom is -0.508 e. The van der Waals surface area contributed by atoms with E-state index >= 15 is 0 Å². The highest BCUT2D eigenvalue weighted by molar-refractivity contribution is 5.62. The van der Waals surface area contributed by atoms with Gasteiger partial charge in [0.15, 0.2) is 0 Å². The van der Waals surface area contributed by atoms with Crippen LogP contribution in [0.1, 0.15) is 40.8 Å². The Labute approximate surface area is 218 Å². The van der Waals surface area contributed by atoms with E-state index < -0.39 is 12.1 Å². The molecule has 0 aromatic heterocycles. The van der Waals surface area contributed by atoms with Gasteiger partial charge in [0, 0.05) is 19.0 Å². The summed E-state index contributed by atoms with van der Waals surface area (Å²) in [6.45, 7) is 5.61. The lowest BCUT2D eigenvalue weighted by Crippen LogP contribution is -2.23. The van der Waals surface area contributed by atoms with Gasteiger partial charge < -0.3 is 35.2 Å². The van der Waals surface area contributed by atoms with Gasteiger partial charge in [-0.15, -0.1) is 0 Å². The number of hydrogen-bond acceptors (Lipinski definition) is 7. The second kappa shape index (κ2) is 16.3. The molecule has 0 fully saturated rings. The Morgan fingerprint density at radius 1 is 1.00 bits per heavy atom. The zero-order valence-electron chi connectivity index (χ0n) is 21.4. The maximum absolute atomic E-state index is 10.3. The average Bonchev–Trinajstić information content (AvgIpc) is 2.87. The molecule has 0 bridgehead atoms. The van der Waals surface area contributed by atoms with Crippen LogP contribution in [0.25, 0.3) is 0 Å². The minimum atomic E-state index is -0.833. The van der Waals surface area contributed by atoms with Gasteiger partial charge in [-0.3, -0.25) is 4.79 Å². The first-order valence-corrected chi connectivity index (χ1v) is 12.1. The maximum Gasteiger partial charge on any atom is 0.300 e. The highest BCUT2D eigenvalue weighted by atomic mass is 16.5. The predicted octanol–water partition coefficient (Wildman–Crippen LogP) is 3.75. The Morgan fingerprint density at radius 2 is 1.73 bits per heavy atom. The fourth-order valence-corrected chi connectivity index (χ4v) is 3.49. The van der Waals surface area contributed by atoms with Gasteiger partial charge >= 0.3 is 0 Å². The number of aliphatic hydroxyl groups excluding tert-OH is 2. The summed E-state index contributed by atoms with van der Waals surface area (Å²) >= 11 is 0. The van der Waals surface area contributed by atoms with Crippen molar-refractivity contribution >= 4 is 5.97 Å². The number of aliphatic hydroxyl groups is 2. The number of benzene rings is 3. The molecule has 0 spiro atoms. The molecule has 0 heterocycles. The molecule has 200 valence electrons. The fraction of sp³-hybridized carbons (Fsp3) is 0.345. The molecule has 5 N–H and O–H groups in total. The lowest BCUT2D eigenvalue weighted by atomic mass is 10.1. The van der Waals surface area contributed by atoms with E-state index in [2.05, 4.69) is 30.4 Å². The van der Waals surface area contributed by atoms with Crippen molar-refractivity contribution in [2.45, 2.75) is 39.6 Å². The Balaban J connectivity index is 0.00000112. The predicted molar refractivity (Wildman–Crippen MR) is 142 cm³/mol. The number of carboxylic acid groups (broad SMARTS) is 1. The van der Waals surface area contributed by atoms with Crippen molar-refractivity contribution in [3.8, 4) is 11.5 Å². The number of carboxylic acids is 1. The molecule has 3 rings (SSSR count). The van der Waals surface area contributed by atoms with Gasteiger partial charge in [0.25, 0.3) is 5.97 Å². The molecule has 0 amide bonds. The van der Waals surface area contributed by atoms with E-state index in [9.17, 15) is 15.3 Å². The summed E-state index contributed by atoms with van der Waals surface area (Å²) in [7, 11) is 0. The van der Waals surface area contributed by atoms with E-state index in [1.165, 1.54) is 22.8 Å². The van der Waals surface area contributed by atoms with Crippen molar-refractivity contribution in [2.24, 2.45) is 0 Å². The molecule has 3 aromatic rings. The molecule has 1 atom stereocenters. The third-order valence-corrected chi connectivity index (χ3v) is 5.36. The highest BCUT2D eigenvalue weighted by Gasteiger charge is 2.10. The Bertz CT molecular complexity index is 1080. The second-order valence-electron chi connectivity index (χ2n) is 8.57. The van der Waals surface area contributed by atoms with Crippen LogP contribution in [-0.4, -0.2) is 52.7 Å². The number of aromatic hydroxyl groups is 1. The molecule has 0 radical (unpaired) electrons. The summed E-state index contributed by atoms with van der Waals surface area (Å²) in [6, 6.07) is 21.0. The largest absolute Gasteiger partial charge is 0.508 e. The molecule has 8 nitrogen and oxygen atoms in total. The minimum absolute atomic E-state index is 0.0311. The molecule has 0 aliphatic heterocycles. The number of aliphatic carboxylic acids is 1. The zero-order valence-corrected chi connectivity index (χ0v) is 21.4. The molecular formula is C29H37NO7. The molecule has 37 heavy (non-hydrogen) atoms. The van der Waals surface area contributed by atoms with E-state index in [4.69, 9.17) is 19.4 Å². The van der Waals surface area contributed by atoms with Crippen LogP contribution >= 0.6 is 0 Å². The van der Waals surface area contributed by atoms with Crippen molar-refractivity contribution in [3.63, 3.8) is 0 Å². The molecule has 0 unspecified atom stereocenters. The van der Waals surface area contributed by atoms with Gasteiger partial charge in [0.1, 0.15) is 18.1 Å². The summed E-state index contributed by atoms with van der Waals surface area (Å²) in [5.41, 5.74) is 4.64. The maximum atomic E-state index is 10.3. The number of carbonyl (C=O) groups is 1. The smallest absolute Gasteiger partial charge is 0.300 e. The second-order valence-corrected chi connectivity index (χ2v) is 8.57. The summed E-state index contributed by atoms with van der Waals surface area (Å²) < 4.78 is 11.4. The molecule has 3 aromatic carbocycles. The molecule has 0 aliphatic rings. The van der Waals surface area contributed by atoms with Gasteiger partial charge in [-0.05, 0) is 60.8 Å². The Hall–Kier alpha value is -3.43. The number of nitrogens with one attached hydrogen (secondary N) is 1. The van der Waals surface area contributed by atoms with Crippen molar-refractivity contribution in [3.05, 3.63) is 94.5 Å². The monoisotopic (exact) mass is 511 g/mol. The Morgan fingerprint density at radius 3 is 2.41 bits per heavy atom. The van der Waals surface area contributed by atoms with E-state index in [1.807, 2.05) is 30.3 Å². The zero-order chi connectivity index (χ0) is 27.0. The van der Waals surface area contributed by atoms with Gasteiger partial charge in [-0.2, -0.15) is 0 Å². The van der Waals surface area contributed by atoms with E-state index in [1.54, 1.807) is 12.1 Å². The normalized spacial score (nSPS) is 11.4. The standard InChI is InChI=1S/C27H33NO5.C2H4O2/c1-20-3-2-4-22(15-20)19-32-13-14-33-25-8-5-21(6-9-25)11-12-28-17-27(31)23-7-10-26(30)24(16-23)18-29;1-2(3)4/h2-10,15-16,27-31H,11-14,17-19H2,1H3;1H3,(H,3,4)/t27-;/m0./s1. The fourth-order valence-electron chi connectivity index (χ4n) is 3.49. The van der Waals surface area contributed by atoms with E-state index in [0.29, 0.717) is 37.5 Å². The Kier molecular flexibility index (Phi) is 13.2. The summed E-state index contributed by atoms with van der Waals surface area (Å²) in [5, 5.41) is 39.8. The van der Waals surface area contributed by atoms with Crippen LogP contribution in [0, 0.1) is 6.92 Å². The average molecular weight is 512 g/mol. The molecule has 0 saturated carbocycles. The molecule has 8 heteroatoms. The summed E-state index contributed by atoms with van der Waals surface area (Å²) in [5.74, 6) is 0.0110. The number of aryl methyl sites for hydroxylation is 1. The van der Waals surface area contributed by atoms with Crippen LogP contribution in [0.2, 0.25) is 0 Å². The van der Waals surface area contributed by atoms with Crippen molar-refractivity contribution < 1.29 is 34.7 Å². The van der Waals surface area contributed by atoms with Crippen LogP contribution in [0.3, 0.4) is 0 Å². The first-order valence-electron chi connectivity index (χ1n) is 12.1. The topological polar surface area (TPSA) is 128 Å².